The highest BCUT2D eigenvalue weighted by Crippen LogP contribution is 2.18. The number of hydrogen-bond donors (Lipinski definition) is 0. The summed E-state index contributed by atoms with van der Waals surface area (Å²) in [5, 5.41) is 0. The molecule has 0 aromatic rings. The molecule has 0 N–H and O–H groups in total. The van der Waals surface area contributed by atoms with Crippen LogP contribution in [0.4, 0.5) is 0 Å². The van der Waals surface area contributed by atoms with E-state index in [0.29, 0.717) is 0 Å². The Morgan fingerprint density at radius 3 is 3.11 bits per heavy atom. The van der Waals surface area contributed by atoms with Crippen LogP contribution in [0.15, 0.2) is 12.2 Å². The average Bonchev–Trinajstić information content (AvgIpc) is 1.99. The normalized spacial score (nSPS) is 30.1. The molecular weight excluding hydrogens is 130 g/mol. The van der Waals surface area contributed by atoms with E-state index in [1.54, 1.807) is 0 Å². The molecule has 0 fully saturated rings. The van der Waals surface area contributed by atoms with Crippen LogP contribution in [0.5, 0.6) is 0 Å². The van der Waals surface area contributed by atoms with Crippen molar-refractivity contribution in [1.29, 1.82) is 0 Å². The van der Waals surface area contributed by atoms with Gasteiger partial charge in [-0.15, -0.1) is 10.7 Å². The summed E-state index contributed by atoms with van der Waals surface area (Å²) in [7, 11) is 2.40. The van der Waals surface area contributed by atoms with Gasteiger partial charge in [0.15, 0.2) is 0 Å². The maximum Gasteiger partial charge on any atom is 0.0262 e. The van der Waals surface area contributed by atoms with Crippen molar-refractivity contribution >= 4 is 16.5 Å². The molecule has 9 heavy (non-hydrogen) atoms. The molecule has 1 heterocycles. The summed E-state index contributed by atoms with van der Waals surface area (Å²) >= 11 is 0. The fourth-order valence-corrected chi connectivity index (χ4v) is 1.82. The lowest BCUT2D eigenvalue weighted by Crippen LogP contribution is -2.10. The third-order valence-electron chi connectivity index (χ3n) is 1.49. The Bertz CT molecular complexity index is 140. The van der Waals surface area contributed by atoms with Gasteiger partial charge in [-0.3, -0.25) is 4.31 Å². The average molecular weight is 143 g/mol. The highest BCUT2D eigenvalue weighted by atomic mass is 32.2. The second kappa shape index (κ2) is 3.18. The van der Waals surface area contributed by atoms with Crippen molar-refractivity contribution in [3.05, 3.63) is 12.2 Å². The van der Waals surface area contributed by atoms with Crippen LogP contribution in [0.3, 0.4) is 0 Å². The molecule has 0 amide bonds. The summed E-state index contributed by atoms with van der Waals surface area (Å²) in [5.74, 6) is 5.28. The largest absolute Gasteiger partial charge is 0.256 e. The van der Waals surface area contributed by atoms with E-state index in [9.17, 15) is 0 Å². The van der Waals surface area contributed by atoms with Gasteiger partial charge in [-0.05, 0) is 13.5 Å². The van der Waals surface area contributed by atoms with E-state index >= 15 is 0 Å². The van der Waals surface area contributed by atoms with Crippen molar-refractivity contribution in [2.24, 2.45) is 0 Å². The van der Waals surface area contributed by atoms with Crippen molar-refractivity contribution in [2.75, 3.05) is 19.3 Å². The van der Waals surface area contributed by atoms with Crippen molar-refractivity contribution in [3.63, 3.8) is 0 Å². The van der Waals surface area contributed by atoms with Crippen molar-refractivity contribution in [3.8, 4) is 0 Å². The van der Waals surface area contributed by atoms with E-state index in [4.69, 9.17) is 0 Å². The first-order valence-electron chi connectivity index (χ1n) is 3.17. The molecule has 0 bridgehead atoms. The molecule has 0 radical (unpaired) electrons. The zero-order chi connectivity index (χ0) is 6.69. The fraction of sp³-hybridized carbons (Fsp3) is 0.571. The van der Waals surface area contributed by atoms with Gasteiger partial charge >= 0.3 is 0 Å². The van der Waals surface area contributed by atoms with Crippen LogP contribution in [-0.4, -0.2) is 29.5 Å². The van der Waals surface area contributed by atoms with Crippen LogP contribution in [0.25, 0.3) is 0 Å². The van der Waals surface area contributed by atoms with Gasteiger partial charge in [-0.25, -0.2) is 0 Å². The van der Waals surface area contributed by atoms with Crippen LogP contribution in [0, 0.1) is 0 Å². The first kappa shape index (κ1) is 7.03. The first-order valence-corrected chi connectivity index (χ1v) is 4.69. The van der Waals surface area contributed by atoms with E-state index in [-0.39, 0.29) is 10.7 Å². The van der Waals surface area contributed by atoms with Gasteiger partial charge in [0.2, 0.25) is 0 Å². The quantitative estimate of drug-likeness (QED) is 0.367. The lowest BCUT2D eigenvalue weighted by atomic mass is 10.4. The fourth-order valence-electron chi connectivity index (χ4n) is 0.806. The molecule has 1 aliphatic heterocycles. The van der Waals surface area contributed by atoms with Crippen LogP contribution >= 0.6 is 10.7 Å². The number of likely N-dealkylation sites (N-methyl/N-ethyl adjacent to an activating group) is 1. The Labute approximate surface area is 59.4 Å². The molecule has 0 aromatic carbocycles. The molecule has 1 aliphatic rings. The maximum atomic E-state index is 4.05. The Hall–Kier alpha value is -0.0800. The van der Waals surface area contributed by atoms with Gasteiger partial charge in [0.25, 0.3) is 0 Å². The van der Waals surface area contributed by atoms with Gasteiger partial charge in [-0.2, -0.15) is 0 Å². The molecule has 52 valence electrons. The van der Waals surface area contributed by atoms with Gasteiger partial charge in [0.1, 0.15) is 0 Å². The minimum atomic E-state index is 0.269. The van der Waals surface area contributed by atoms with Crippen LogP contribution in [0.2, 0.25) is 0 Å². The minimum Gasteiger partial charge on any atom is -0.256 e. The highest BCUT2D eigenvalue weighted by molar-refractivity contribution is 8.12. The van der Waals surface area contributed by atoms with E-state index < -0.39 is 0 Å². The van der Waals surface area contributed by atoms with Gasteiger partial charge in [-0.1, -0.05) is 18.0 Å². The molecule has 0 aromatic heterocycles. The molecule has 1 unspecified atom stereocenters. The Kier molecular flexibility index (Phi) is 2.49. The SMILES string of the molecule is C=S1CCC=CCN1C. The zero-order valence-electron chi connectivity index (χ0n) is 5.84. The van der Waals surface area contributed by atoms with Gasteiger partial charge in [0, 0.05) is 12.3 Å². The van der Waals surface area contributed by atoms with E-state index in [1.807, 2.05) is 0 Å². The molecule has 0 saturated heterocycles. The zero-order valence-corrected chi connectivity index (χ0v) is 6.66. The lowest BCUT2D eigenvalue weighted by Gasteiger charge is -2.15. The van der Waals surface area contributed by atoms with Crippen molar-refractivity contribution in [2.45, 2.75) is 6.42 Å². The Balaban J connectivity index is 2.52. The van der Waals surface area contributed by atoms with Crippen LogP contribution < -0.4 is 0 Å². The van der Waals surface area contributed by atoms with E-state index in [1.165, 1.54) is 12.2 Å². The monoisotopic (exact) mass is 143 g/mol. The van der Waals surface area contributed by atoms with Crippen LogP contribution in [0.1, 0.15) is 6.42 Å². The molecule has 2 heteroatoms. The van der Waals surface area contributed by atoms with Crippen molar-refractivity contribution in [1.82, 2.24) is 4.31 Å². The molecule has 1 rings (SSSR count). The molecule has 0 spiro atoms. The summed E-state index contributed by atoms with van der Waals surface area (Å²) < 4.78 is 2.30. The topological polar surface area (TPSA) is 3.24 Å². The smallest absolute Gasteiger partial charge is 0.0262 e. The summed E-state index contributed by atoms with van der Waals surface area (Å²) in [6.45, 7) is 1.08. The minimum absolute atomic E-state index is 0.269. The number of allylic oxidation sites excluding steroid dienone is 1. The standard InChI is InChI=1S/C7H13NS/c1-8-6-4-3-5-7-9(8)2/h3-4H,2,5-7H2,1H3. The molecule has 1 atom stereocenters. The lowest BCUT2D eigenvalue weighted by molar-refractivity contribution is 0.637. The number of rotatable bonds is 0. The number of nitrogens with zero attached hydrogens (tertiary/aromatic N) is 1. The summed E-state index contributed by atoms with van der Waals surface area (Å²) in [6.07, 6.45) is 5.67. The van der Waals surface area contributed by atoms with Gasteiger partial charge < -0.3 is 0 Å². The summed E-state index contributed by atoms with van der Waals surface area (Å²) in [5.41, 5.74) is 0. The molecule has 1 nitrogen and oxygen atoms in total. The van der Waals surface area contributed by atoms with Crippen LogP contribution in [-0.2, 0) is 0 Å². The maximum absolute atomic E-state index is 4.05. The second-order valence-electron chi connectivity index (χ2n) is 2.24. The van der Waals surface area contributed by atoms with E-state index in [2.05, 4.69) is 29.4 Å². The number of hydrogen-bond acceptors (Lipinski definition) is 1. The Morgan fingerprint density at radius 2 is 2.33 bits per heavy atom. The molecule has 0 saturated carbocycles. The predicted octanol–water partition coefficient (Wildman–Crippen LogP) is 1.49. The summed E-state index contributed by atoms with van der Waals surface area (Å²) in [4.78, 5) is 0. The van der Waals surface area contributed by atoms with Crippen molar-refractivity contribution < 1.29 is 0 Å². The van der Waals surface area contributed by atoms with Gasteiger partial charge in [0.05, 0.1) is 0 Å². The second-order valence-corrected chi connectivity index (χ2v) is 4.19. The van der Waals surface area contributed by atoms with E-state index in [0.717, 1.165) is 6.54 Å². The predicted molar refractivity (Wildman–Crippen MR) is 46.0 cm³/mol. The third kappa shape index (κ3) is 1.95. The third-order valence-corrected chi connectivity index (χ3v) is 3.23. The Morgan fingerprint density at radius 1 is 1.56 bits per heavy atom. The summed E-state index contributed by atoms with van der Waals surface area (Å²) in [6, 6.07) is 0. The highest BCUT2D eigenvalue weighted by Gasteiger charge is 2.00. The molecular formula is C7H13NS. The molecule has 0 aliphatic carbocycles. The first-order chi connectivity index (χ1) is 4.30.